The molecule has 0 spiro atoms. The number of carboxylic acid groups (broad SMARTS) is 2. The third-order valence-corrected chi connectivity index (χ3v) is 3.72. The summed E-state index contributed by atoms with van der Waals surface area (Å²) >= 11 is 0. The van der Waals surface area contributed by atoms with Gasteiger partial charge in [0.25, 0.3) is 0 Å². The van der Waals surface area contributed by atoms with Crippen molar-refractivity contribution >= 4 is 35.6 Å². The summed E-state index contributed by atoms with van der Waals surface area (Å²) in [5, 5.41) is 24.4. The van der Waals surface area contributed by atoms with Crippen molar-refractivity contribution in [2.45, 2.75) is 51.2 Å². The van der Waals surface area contributed by atoms with Crippen molar-refractivity contribution in [1.29, 1.82) is 0 Å². The molecule has 13 heteroatoms. The van der Waals surface area contributed by atoms with E-state index in [4.69, 9.17) is 21.7 Å². The van der Waals surface area contributed by atoms with Gasteiger partial charge < -0.3 is 37.6 Å². The molecule has 0 saturated heterocycles. The molecular formula is C16H27N5O8. The number of carbonyl (C=O) groups is 6. The van der Waals surface area contributed by atoms with Crippen molar-refractivity contribution in [2.24, 2.45) is 17.4 Å². The molecule has 4 amide bonds. The summed E-state index contributed by atoms with van der Waals surface area (Å²) in [6, 6.07) is -3.89. The molecule has 0 aromatic carbocycles. The van der Waals surface area contributed by atoms with Crippen molar-refractivity contribution in [2.75, 3.05) is 6.54 Å². The lowest BCUT2D eigenvalue weighted by Gasteiger charge is -2.21. The molecule has 0 aromatic rings. The van der Waals surface area contributed by atoms with Crippen LogP contribution in [0.25, 0.3) is 0 Å². The predicted octanol–water partition coefficient (Wildman–Crippen LogP) is -3.12. The van der Waals surface area contributed by atoms with Crippen LogP contribution in [0.4, 0.5) is 0 Å². The molecular weight excluding hydrogens is 390 g/mol. The molecule has 0 rings (SSSR count). The number of primary amides is 1. The molecule has 0 radical (unpaired) electrons. The minimum atomic E-state index is -1.43. The van der Waals surface area contributed by atoms with E-state index < -0.39 is 72.6 Å². The van der Waals surface area contributed by atoms with E-state index in [9.17, 15) is 28.8 Å². The van der Waals surface area contributed by atoms with Gasteiger partial charge in [0.05, 0.1) is 19.0 Å². The number of hydrogen-bond acceptors (Lipinski definition) is 7. The maximum atomic E-state index is 12.3. The van der Waals surface area contributed by atoms with Gasteiger partial charge in [0.15, 0.2) is 0 Å². The second kappa shape index (κ2) is 12.3. The van der Waals surface area contributed by atoms with Gasteiger partial charge in [0, 0.05) is 6.42 Å². The molecule has 3 atom stereocenters. The highest BCUT2D eigenvalue weighted by Gasteiger charge is 2.27. The molecule has 0 aliphatic rings. The Labute approximate surface area is 166 Å². The highest BCUT2D eigenvalue weighted by Crippen LogP contribution is 2.02. The Hall–Kier alpha value is -3.22. The van der Waals surface area contributed by atoms with Crippen molar-refractivity contribution in [3.8, 4) is 0 Å². The fraction of sp³-hybridized carbons (Fsp3) is 0.625. The van der Waals surface area contributed by atoms with Crippen molar-refractivity contribution in [1.82, 2.24) is 16.0 Å². The zero-order chi connectivity index (χ0) is 22.7. The third-order valence-electron chi connectivity index (χ3n) is 3.72. The number of rotatable bonds is 13. The van der Waals surface area contributed by atoms with Crippen LogP contribution in [-0.2, 0) is 28.8 Å². The Bertz CT molecular complexity index is 651. The summed E-state index contributed by atoms with van der Waals surface area (Å²) in [5.41, 5.74) is 10.4. The standard InChI is InChI=1S/C16H27N5O8/c1-7(2)13(16(28)29)21-11(23)6-19-15(27)9(3-4-10(18)22)20-14(26)8(17)5-12(24)25/h7-9,13H,3-6,17H2,1-2H3,(H2,18,22)(H,19,27)(H,20,26)(H,21,23)(H,24,25)(H,28,29). The number of nitrogens with two attached hydrogens (primary N) is 2. The zero-order valence-corrected chi connectivity index (χ0v) is 16.1. The zero-order valence-electron chi connectivity index (χ0n) is 16.1. The van der Waals surface area contributed by atoms with Gasteiger partial charge in [-0.3, -0.25) is 24.0 Å². The molecule has 29 heavy (non-hydrogen) atoms. The first-order chi connectivity index (χ1) is 13.3. The molecule has 0 aliphatic carbocycles. The summed E-state index contributed by atoms with van der Waals surface area (Å²) in [6.07, 6.45) is -1.16. The molecule has 0 aromatic heterocycles. The molecule has 0 bridgehead atoms. The topological polar surface area (TPSA) is 231 Å². The third kappa shape index (κ3) is 10.6. The number of nitrogens with one attached hydrogen (secondary N) is 3. The maximum Gasteiger partial charge on any atom is 0.326 e. The average Bonchev–Trinajstić information content (AvgIpc) is 2.59. The lowest BCUT2D eigenvalue weighted by Crippen LogP contribution is -2.54. The van der Waals surface area contributed by atoms with E-state index >= 15 is 0 Å². The SMILES string of the molecule is CC(C)C(NC(=O)CNC(=O)C(CCC(N)=O)NC(=O)C(N)CC(=O)O)C(=O)O. The number of carbonyl (C=O) groups excluding carboxylic acids is 4. The molecule has 9 N–H and O–H groups in total. The highest BCUT2D eigenvalue weighted by atomic mass is 16.4. The Balaban J connectivity index is 4.92. The van der Waals surface area contributed by atoms with Gasteiger partial charge >= 0.3 is 11.9 Å². The van der Waals surface area contributed by atoms with Crippen LogP contribution >= 0.6 is 0 Å². The smallest absolute Gasteiger partial charge is 0.326 e. The van der Waals surface area contributed by atoms with Crippen molar-refractivity contribution in [3.63, 3.8) is 0 Å². The summed E-state index contributed by atoms with van der Waals surface area (Å²) in [4.78, 5) is 68.7. The van der Waals surface area contributed by atoms with Crippen LogP contribution in [0.5, 0.6) is 0 Å². The summed E-state index contributed by atoms with van der Waals surface area (Å²) in [6.45, 7) is 2.60. The van der Waals surface area contributed by atoms with Gasteiger partial charge in [0.1, 0.15) is 12.1 Å². The van der Waals surface area contributed by atoms with Gasteiger partial charge in [0.2, 0.25) is 23.6 Å². The Morgan fingerprint density at radius 1 is 0.966 bits per heavy atom. The van der Waals surface area contributed by atoms with Gasteiger partial charge in [-0.25, -0.2) is 4.79 Å². The number of hydrogen-bond donors (Lipinski definition) is 7. The van der Waals surface area contributed by atoms with E-state index in [1.165, 1.54) is 0 Å². The largest absolute Gasteiger partial charge is 0.481 e. The van der Waals surface area contributed by atoms with E-state index in [0.717, 1.165) is 0 Å². The molecule has 13 nitrogen and oxygen atoms in total. The van der Waals surface area contributed by atoms with Crippen LogP contribution in [0.1, 0.15) is 33.1 Å². The first kappa shape index (κ1) is 25.8. The number of aliphatic carboxylic acids is 2. The average molecular weight is 417 g/mol. The second-order valence-electron chi connectivity index (χ2n) is 6.62. The molecule has 3 unspecified atom stereocenters. The number of amides is 4. The van der Waals surface area contributed by atoms with Crippen molar-refractivity contribution < 1.29 is 39.0 Å². The van der Waals surface area contributed by atoms with Crippen LogP contribution in [0.2, 0.25) is 0 Å². The van der Waals surface area contributed by atoms with E-state index in [2.05, 4.69) is 16.0 Å². The Morgan fingerprint density at radius 2 is 1.55 bits per heavy atom. The molecule has 0 aliphatic heterocycles. The summed E-state index contributed by atoms with van der Waals surface area (Å²) in [5.74, 6) is -6.27. The highest BCUT2D eigenvalue weighted by molar-refractivity contribution is 5.93. The molecule has 0 saturated carbocycles. The quantitative estimate of drug-likeness (QED) is 0.160. The monoisotopic (exact) mass is 417 g/mol. The predicted molar refractivity (Wildman–Crippen MR) is 98.0 cm³/mol. The fourth-order valence-electron chi connectivity index (χ4n) is 2.14. The summed E-state index contributed by atoms with van der Waals surface area (Å²) in [7, 11) is 0. The Kier molecular flexibility index (Phi) is 10.9. The first-order valence-electron chi connectivity index (χ1n) is 8.71. The van der Waals surface area contributed by atoms with Crippen molar-refractivity contribution in [3.05, 3.63) is 0 Å². The first-order valence-corrected chi connectivity index (χ1v) is 8.71. The fourth-order valence-corrected chi connectivity index (χ4v) is 2.14. The normalized spacial score (nSPS) is 13.7. The van der Waals surface area contributed by atoms with Gasteiger partial charge in [-0.2, -0.15) is 0 Å². The number of carboxylic acids is 2. The van der Waals surface area contributed by atoms with Gasteiger partial charge in [-0.1, -0.05) is 13.8 Å². The van der Waals surface area contributed by atoms with Crippen LogP contribution in [0.3, 0.4) is 0 Å². The summed E-state index contributed by atoms with van der Waals surface area (Å²) < 4.78 is 0. The molecule has 0 heterocycles. The van der Waals surface area contributed by atoms with Crippen LogP contribution in [0.15, 0.2) is 0 Å². The van der Waals surface area contributed by atoms with Crippen LogP contribution in [0, 0.1) is 5.92 Å². The molecule has 164 valence electrons. The lowest BCUT2D eigenvalue weighted by molar-refractivity contribution is -0.143. The van der Waals surface area contributed by atoms with Crippen LogP contribution in [-0.4, -0.2) is 70.5 Å². The molecule has 0 fully saturated rings. The van der Waals surface area contributed by atoms with Gasteiger partial charge in [-0.15, -0.1) is 0 Å². The van der Waals surface area contributed by atoms with E-state index in [1.807, 2.05) is 0 Å². The van der Waals surface area contributed by atoms with Gasteiger partial charge in [-0.05, 0) is 12.3 Å². The van der Waals surface area contributed by atoms with E-state index in [0.29, 0.717) is 0 Å². The Morgan fingerprint density at radius 3 is 2.00 bits per heavy atom. The second-order valence-corrected chi connectivity index (χ2v) is 6.62. The minimum absolute atomic E-state index is 0.210. The van der Waals surface area contributed by atoms with Crippen LogP contribution < -0.4 is 27.4 Å². The lowest BCUT2D eigenvalue weighted by atomic mass is 10.0. The maximum absolute atomic E-state index is 12.3. The minimum Gasteiger partial charge on any atom is -0.481 e. The van der Waals surface area contributed by atoms with E-state index in [-0.39, 0.29) is 12.8 Å². The van der Waals surface area contributed by atoms with E-state index in [1.54, 1.807) is 13.8 Å².